The molecule has 33 heavy (non-hydrogen) atoms. The smallest absolute Gasteiger partial charge is 0.338 e. The Labute approximate surface area is 190 Å². The Bertz CT molecular complexity index is 1150. The summed E-state index contributed by atoms with van der Waals surface area (Å²) in [7, 11) is 1.56. The predicted molar refractivity (Wildman–Crippen MR) is 119 cm³/mol. The zero-order valence-corrected chi connectivity index (χ0v) is 18.7. The van der Waals surface area contributed by atoms with Crippen LogP contribution in [0.15, 0.2) is 42.5 Å². The molecule has 0 unspecified atom stereocenters. The van der Waals surface area contributed by atoms with Gasteiger partial charge in [-0.3, -0.25) is 4.79 Å². The van der Waals surface area contributed by atoms with Gasteiger partial charge in [0.2, 0.25) is 0 Å². The number of nitrogens with zero attached hydrogens (tertiary/aromatic N) is 3. The van der Waals surface area contributed by atoms with Gasteiger partial charge in [0, 0.05) is 11.8 Å². The van der Waals surface area contributed by atoms with Crippen LogP contribution < -0.4 is 10.1 Å². The number of amides is 1. The molecular weight excluding hydrogens is 428 g/mol. The van der Waals surface area contributed by atoms with Gasteiger partial charge in [0.1, 0.15) is 5.75 Å². The summed E-state index contributed by atoms with van der Waals surface area (Å²) in [6.45, 7) is 5.37. The summed E-state index contributed by atoms with van der Waals surface area (Å²) in [4.78, 5) is 37.4. The Hall–Kier alpha value is -4.21. The fourth-order valence-corrected chi connectivity index (χ4v) is 3.08. The molecule has 3 aromatic rings. The number of benzene rings is 2. The van der Waals surface area contributed by atoms with Crippen molar-refractivity contribution in [2.24, 2.45) is 0 Å². The summed E-state index contributed by atoms with van der Waals surface area (Å²) < 4.78 is 16.8. The Kier molecular flexibility index (Phi) is 7.39. The highest BCUT2D eigenvalue weighted by molar-refractivity contribution is 6.05. The lowest BCUT2D eigenvalue weighted by molar-refractivity contribution is 0.0525. The average Bonchev–Trinajstić information content (AvgIpc) is 3.20. The van der Waals surface area contributed by atoms with Gasteiger partial charge < -0.3 is 19.5 Å². The minimum atomic E-state index is -0.626. The molecule has 10 heteroatoms. The van der Waals surface area contributed by atoms with Crippen molar-refractivity contribution >= 4 is 23.5 Å². The molecule has 1 aromatic heterocycles. The summed E-state index contributed by atoms with van der Waals surface area (Å²) in [5, 5.41) is 10.7. The molecule has 3 rings (SSSR count). The van der Waals surface area contributed by atoms with Crippen molar-refractivity contribution in [1.82, 2.24) is 15.0 Å². The third kappa shape index (κ3) is 5.35. The topological polar surface area (TPSA) is 122 Å². The van der Waals surface area contributed by atoms with Crippen molar-refractivity contribution in [2.75, 3.05) is 25.6 Å². The van der Waals surface area contributed by atoms with Crippen molar-refractivity contribution in [3.8, 4) is 11.4 Å². The van der Waals surface area contributed by atoms with E-state index in [-0.39, 0.29) is 35.7 Å². The van der Waals surface area contributed by atoms with Crippen LogP contribution in [-0.4, -0.2) is 53.2 Å². The minimum Gasteiger partial charge on any atom is -0.497 e. The van der Waals surface area contributed by atoms with E-state index in [1.54, 1.807) is 52.1 Å². The van der Waals surface area contributed by atoms with Crippen molar-refractivity contribution in [3.05, 3.63) is 65.0 Å². The molecule has 10 nitrogen and oxygen atoms in total. The van der Waals surface area contributed by atoms with Crippen molar-refractivity contribution < 1.29 is 28.6 Å². The summed E-state index contributed by atoms with van der Waals surface area (Å²) in [6, 6.07) is 11.4. The molecular formula is C23H24N4O6. The number of carbonyl (C=O) groups excluding carboxylic acids is 3. The van der Waals surface area contributed by atoms with Gasteiger partial charge >= 0.3 is 11.9 Å². The number of nitrogens with one attached hydrogen (secondary N) is 1. The van der Waals surface area contributed by atoms with E-state index in [1.165, 1.54) is 22.9 Å². The van der Waals surface area contributed by atoms with Crippen LogP contribution in [0.25, 0.3) is 5.69 Å². The maximum Gasteiger partial charge on any atom is 0.338 e. The number of anilines is 1. The Morgan fingerprint density at radius 3 is 2.18 bits per heavy atom. The van der Waals surface area contributed by atoms with Crippen LogP contribution in [0.1, 0.15) is 50.7 Å². The highest BCUT2D eigenvalue weighted by atomic mass is 16.5. The molecule has 0 aliphatic carbocycles. The Morgan fingerprint density at radius 2 is 1.61 bits per heavy atom. The van der Waals surface area contributed by atoms with Gasteiger partial charge in [-0.2, -0.15) is 0 Å². The third-order valence-electron chi connectivity index (χ3n) is 4.62. The second-order valence-electron chi connectivity index (χ2n) is 6.83. The number of hydrogen-bond acceptors (Lipinski definition) is 8. The van der Waals surface area contributed by atoms with Crippen LogP contribution in [-0.2, 0) is 9.47 Å². The SMILES string of the molecule is CCOC(=O)c1cc(NC(=O)c2nnn(-c3cccc(OC)c3)c2C)cc(C(=O)OCC)c1. The molecule has 0 saturated heterocycles. The number of carbonyl (C=O) groups is 3. The number of rotatable bonds is 8. The maximum atomic E-state index is 12.9. The van der Waals surface area contributed by atoms with E-state index in [2.05, 4.69) is 15.6 Å². The summed E-state index contributed by atoms with van der Waals surface area (Å²) in [5.41, 5.74) is 1.67. The number of hydrogen-bond donors (Lipinski definition) is 1. The van der Waals surface area contributed by atoms with Gasteiger partial charge in [0.05, 0.1) is 42.8 Å². The van der Waals surface area contributed by atoms with Crippen LogP contribution in [0.5, 0.6) is 5.75 Å². The van der Waals surface area contributed by atoms with Gasteiger partial charge in [0.25, 0.3) is 5.91 Å². The van der Waals surface area contributed by atoms with Crippen LogP contribution in [0, 0.1) is 6.92 Å². The van der Waals surface area contributed by atoms with E-state index in [0.29, 0.717) is 17.1 Å². The molecule has 1 N–H and O–H groups in total. The van der Waals surface area contributed by atoms with E-state index < -0.39 is 17.8 Å². The molecule has 0 bridgehead atoms. The van der Waals surface area contributed by atoms with Crippen molar-refractivity contribution in [3.63, 3.8) is 0 Å². The normalized spacial score (nSPS) is 10.4. The minimum absolute atomic E-state index is 0.0806. The van der Waals surface area contributed by atoms with E-state index >= 15 is 0 Å². The van der Waals surface area contributed by atoms with E-state index in [0.717, 1.165) is 0 Å². The number of aromatic nitrogens is 3. The number of ether oxygens (including phenoxy) is 3. The molecule has 172 valence electrons. The fraction of sp³-hybridized carbons (Fsp3) is 0.261. The molecule has 1 amide bonds. The zero-order chi connectivity index (χ0) is 24.0. The van der Waals surface area contributed by atoms with E-state index in [9.17, 15) is 14.4 Å². The Balaban J connectivity index is 1.91. The molecule has 0 atom stereocenters. The first-order chi connectivity index (χ1) is 15.9. The number of methoxy groups -OCH3 is 1. The molecule has 0 aliphatic heterocycles. The zero-order valence-electron chi connectivity index (χ0n) is 18.7. The lowest BCUT2D eigenvalue weighted by Crippen LogP contribution is -2.16. The van der Waals surface area contributed by atoms with Gasteiger partial charge in [-0.05, 0) is 51.1 Å². The van der Waals surface area contributed by atoms with Crippen LogP contribution in [0.3, 0.4) is 0 Å². The van der Waals surface area contributed by atoms with Crippen LogP contribution in [0.2, 0.25) is 0 Å². The first-order valence-corrected chi connectivity index (χ1v) is 10.2. The molecule has 0 fully saturated rings. The van der Waals surface area contributed by atoms with Crippen molar-refractivity contribution in [1.29, 1.82) is 0 Å². The van der Waals surface area contributed by atoms with Crippen molar-refractivity contribution in [2.45, 2.75) is 20.8 Å². The molecule has 0 radical (unpaired) electrons. The fourth-order valence-electron chi connectivity index (χ4n) is 3.08. The predicted octanol–water partition coefficient (Wildman–Crippen LogP) is 3.19. The molecule has 2 aromatic carbocycles. The lowest BCUT2D eigenvalue weighted by atomic mass is 10.1. The summed E-state index contributed by atoms with van der Waals surface area (Å²) >= 11 is 0. The third-order valence-corrected chi connectivity index (χ3v) is 4.62. The first kappa shape index (κ1) is 23.5. The highest BCUT2D eigenvalue weighted by Crippen LogP contribution is 2.21. The van der Waals surface area contributed by atoms with Gasteiger partial charge in [-0.15, -0.1) is 5.10 Å². The highest BCUT2D eigenvalue weighted by Gasteiger charge is 2.20. The molecule has 1 heterocycles. The standard InChI is InChI=1S/C23H24N4O6/c1-5-32-22(29)15-10-16(23(30)33-6-2)12-17(11-15)24-21(28)20-14(3)27(26-25-20)18-8-7-9-19(13-18)31-4/h7-13H,5-6H2,1-4H3,(H,24,28). The second-order valence-corrected chi connectivity index (χ2v) is 6.83. The van der Waals surface area contributed by atoms with Gasteiger partial charge in [-0.25, -0.2) is 14.3 Å². The average molecular weight is 452 g/mol. The summed E-state index contributed by atoms with van der Waals surface area (Å²) in [6.07, 6.45) is 0. The summed E-state index contributed by atoms with van der Waals surface area (Å²) in [5.74, 6) is -1.17. The lowest BCUT2D eigenvalue weighted by Gasteiger charge is -2.10. The van der Waals surface area contributed by atoms with E-state index in [1.807, 2.05) is 0 Å². The van der Waals surface area contributed by atoms with Gasteiger partial charge in [-0.1, -0.05) is 11.3 Å². The first-order valence-electron chi connectivity index (χ1n) is 10.2. The maximum absolute atomic E-state index is 12.9. The largest absolute Gasteiger partial charge is 0.497 e. The monoisotopic (exact) mass is 452 g/mol. The second kappa shape index (κ2) is 10.4. The van der Waals surface area contributed by atoms with Crippen LogP contribution in [0.4, 0.5) is 5.69 Å². The Morgan fingerprint density at radius 1 is 0.970 bits per heavy atom. The molecule has 0 aliphatic rings. The quantitative estimate of drug-likeness (QED) is 0.517. The van der Waals surface area contributed by atoms with Gasteiger partial charge in [0.15, 0.2) is 5.69 Å². The van der Waals surface area contributed by atoms with Crippen LogP contribution >= 0.6 is 0 Å². The molecule has 0 spiro atoms. The number of esters is 2. The molecule has 0 saturated carbocycles. The van der Waals surface area contributed by atoms with E-state index in [4.69, 9.17) is 14.2 Å².